The third-order valence-corrected chi connectivity index (χ3v) is 5.21. The number of benzene rings is 2. The first-order chi connectivity index (χ1) is 15.2. The van der Waals surface area contributed by atoms with Gasteiger partial charge in [0.05, 0.1) is 29.8 Å². The number of aliphatic hydroxyl groups excluding tert-OH is 2. The van der Waals surface area contributed by atoms with Gasteiger partial charge in [0.1, 0.15) is 5.82 Å². The summed E-state index contributed by atoms with van der Waals surface area (Å²) in [6.45, 7) is 3.79. The van der Waals surface area contributed by atoms with E-state index in [1.807, 2.05) is 18.4 Å². The second-order valence-electron chi connectivity index (χ2n) is 8.03. The zero-order valence-corrected chi connectivity index (χ0v) is 17.9. The summed E-state index contributed by atoms with van der Waals surface area (Å²) in [5, 5.41) is 29.4. The molecule has 0 amide bonds. The van der Waals surface area contributed by atoms with Crippen LogP contribution in [-0.4, -0.2) is 38.1 Å². The summed E-state index contributed by atoms with van der Waals surface area (Å²) in [7, 11) is 0. The first kappa shape index (κ1) is 23.4. The van der Waals surface area contributed by atoms with Crippen LogP contribution in [0.25, 0.3) is 22.7 Å². The Balaban J connectivity index is 2.20. The van der Waals surface area contributed by atoms with Crippen LogP contribution in [0.1, 0.15) is 43.9 Å². The van der Waals surface area contributed by atoms with Gasteiger partial charge in [-0.1, -0.05) is 32.1 Å². The van der Waals surface area contributed by atoms with Crippen LogP contribution >= 0.6 is 0 Å². The number of rotatable bonds is 8. The van der Waals surface area contributed by atoms with E-state index in [9.17, 15) is 24.2 Å². The van der Waals surface area contributed by atoms with Crippen molar-refractivity contribution in [3.63, 3.8) is 0 Å². The van der Waals surface area contributed by atoms with Crippen LogP contribution in [0, 0.1) is 5.82 Å². The molecule has 7 heteroatoms. The number of fused-ring (bicyclic) bond motifs is 1. The molecular weight excluding hydrogens is 413 g/mol. The molecule has 0 aliphatic heterocycles. The minimum Gasteiger partial charge on any atom is -0.481 e. The zero-order valence-electron chi connectivity index (χ0n) is 17.9. The molecule has 6 nitrogen and oxygen atoms in total. The van der Waals surface area contributed by atoms with Crippen molar-refractivity contribution in [2.75, 3.05) is 0 Å². The lowest BCUT2D eigenvalue weighted by atomic mass is 9.96. The smallest absolute Gasteiger partial charge is 0.305 e. The molecule has 0 saturated heterocycles. The Morgan fingerprint density at radius 3 is 2.38 bits per heavy atom. The number of halogens is 1. The van der Waals surface area contributed by atoms with Gasteiger partial charge in [0, 0.05) is 23.1 Å². The Bertz CT molecular complexity index is 1200. The molecule has 1 heterocycles. The maximum Gasteiger partial charge on any atom is 0.305 e. The van der Waals surface area contributed by atoms with Crippen LogP contribution in [0.3, 0.4) is 0 Å². The summed E-state index contributed by atoms with van der Waals surface area (Å²) in [4.78, 5) is 24.1. The van der Waals surface area contributed by atoms with Crippen molar-refractivity contribution in [2.24, 2.45) is 0 Å². The van der Waals surface area contributed by atoms with Crippen molar-refractivity contribution in [1.29, 1.82) is 0 Å². The Morgan fingerprint density at radius 2 is 1.75 bits per heavy atom. The van der Waals surface area contributed by atoms with Gasteiger partial charge in [0.15, 0.2) is 5.43 Å². The minimum atomic E-state index is -1.20. The van der Waals surface area contributed by atoms with Gasteiger partial charge in [-0.15, -0.1) is 0 Å². The van der Waals surface area contributed by atoms with E-state index in [0.29, 0.717) is 27.8 Å². The first-order valence-electron chi connectivity index (χ1n) is 10.4. The van der Waals surface area contributed by atoms with Gasteiger partial charge in [-0.3, -0.25) is 9.59 Å². The molecule has 0 spiro atoms. The number of hydrogen-bond acceptors (Lipinski definition) is 4. The van der Waals surface area contributed by atoms with E-state index >= 15 is 0 Å². The predicted octanol–water partition coefficient (Wildman–Crippen LogP) is 3.85. The Kier molecular flexibility index (Phi) is 7.22. The van der Waals surface area contributed by atoms with Crippen molar-refractivity contribution in [1.82, 2.24) is 4.57 Å². The standard InChI is InChI=1S/C25H26FNO5/c1-15(2)24-22(12-11-18(28)13-19(29)14-23(30)31)27(17-9-7-16(26)8-10-17)21-6-4-3-5-20(21)25(24)32/h3-12,15,18-19,28-29H,13-14H2,1-2H3,(H,30,31). The zero-order chi connectivity index (χ0) is 23.4. The predicted molar refractivity (Wildman–Crippen MR) is 122 cm³/mol. The van der Waals surface area contributed by atoms with Gasteiger partial charge in [-0.25, -0.2) is 4.39 Å². The number of aliphatic carboxylic acids is 1. The number of hydrogen-bond donors (Lipinski definition) is 3. The lowest BCUT2D eigenvalue weighted by molar-refractivity contribution is -0.139. The summed E-state index contributed by atoms with van der Waals surface area (Å²) >= 11 is 0. The summed E-state index contributed by atoms with van der Waals surface area (Å²) in [5.41, 5.74) is 2.21. The average Bonchev–Trinajstić information content (AvgIpc) is 2.72. The van der Waals surface area contributed by atoms with Crippen molar-refractivity contribution >= 4 is 22.9 Å². The highest BCUT2D eigenvalue weighted by molar-refractivity contribution is 5.84. The highest BCUT2D eigenvalue weighted by Gasteiger charge is 2.19. The molecule has 32 heavy (non-hydrogen) atoms. The Labute approximate surface area is 184 Å². The highest BCUT2D eigenvalue weighted by atomic mass is 19.1. The fraction of sp³-hybridized carbons (Fsp3) is 0.280. The summed E-state index contributed by atoms with van der Waals surface area (Å²) in [5.74, 6) is -1.69. The van der Waals surface area contributed by atoms with Crippen LogP contribution in [0.5, 0.6) is 0 Å². The molecule has 0 aliphatic carbocycles. The molecule has 2 atom stereocenters. The lowest BCUT2D eigenvalue weighted by Crippen LogP contribution is -2.21. The molecule has 3 aromatic rings. The molecule has 3 N–H and O–H groups in total. The molecule has 0 radical (unpaired) electrons. The molecule has 0 bridgehead atoms. The van der Waals surface area contributed by atoms with Gasteiger partial charge in [-0.05, 0) is 48.4 Å². The SMILES string of the molecule is CC(C)c1c(C=CC(O)CC(O)CC(=O)O)n(-c2ccc(F)cc2)c2ccccc2c1=O. The van der Waals surface area contributed by atoms with Crippen LogP contribution in [0.4, 0.5) is 4.39 Å². The number of aromatic nitrogens is 1. The van der Waals surface area contributed by atoms with E-state index in [1.54, 1.807) is 42.5 Å². The summed E-state index contributed by atoms with van der Waals surface area (Å²) in [6.07, 6.45) is 0.0813. The van der Waals surface area contributed by atoms with Crippen LogP contribution < -0.4 is 5.43 Å². The first-order valence-corrected chi connectivity index (χ1v) is 10.4. The van der Waals surface area contributed by atoms with Gasteiger partial charge < -0.3 is 19.9 Å². The Morgan fingerprint density at radius 1 is 1.09 bits per heavy atom. The normalized spacial score (nSPS) is 13.7. The molecule has 0 fully saturated rings. The van der Waals surface area contributed by atoms with Gasteiger partial charge in [0.25, 0.3) is 0 Å². The molecule has 3 rings (SSSR count). The average molecular weight is 439 g/mol. The number of pyridine rings is 1. The van der Waals surface area contributed by atoms with Crippen molar-refractivity contribution in [3.8, 4) is 5.69 Å². The number of para-hydroxylation sites is 1. The fourth-order valence-electron chi connectivity index (χ4n) is 3.81. The number of aliphatic hydroxyl groups is 2. The van der Waals surface area contributed by atoms with Crippen LogP contribution in [0.15, 0.2) is 59.4 Å². The summed E-state index contributed by atoms with van der Waals surface area (Å²) < 4.78 is 15.4. The molecule has 2 unspecified atom stereocenters. The van der Waals surface area contributed by atoms with E-state index in [-0.39, 0.29) is 23.6 Å². The van der Waals surface area contributed by atoms with E-state index < -0.39 is 24.6 Å². The molecular formula is C25H26FNO5. The number of nitrogens with zero attached hydrogens (tertiary/aromatic N) is 1. The van der Waals surface area contributed by atoms with Crippen LogP contribution in [-0.2, 0) is 4.79 Å². The van der Waals surface area contributed by atoms with Crippen molar-refractivity contribution < 1.29 is 24.5 Å². The lowest BCUT2D eigenvalue weighted by Gasteiger charge is -2.21. The van der Waals surface area contributed by atoms with Crippen LogP contribution in [0.2, 0.25) is 0 Å². The van der Waals surface area contributed by atoms with Gasteiger partial charge >= 0.3 is 5.97 Å². The van der Waals surface area contributed by atoms with E-state index in [4.69, 9.17) is 5.11 Å². The summed E-state index contributed by atoms with van der Waals surface area (Å²) in [6, 6.07) is 13.0. The quantitative estimate of drug-likeness (QED) is 0.495. The third kappa shape index (κ3) is 5.12. The van der Waals surface area contributed by atoms with Crippen molar-refractivity contribution in [2.45, 2.75) is 44.8 Å². The second kappa shape index (κ2) is 9.89. The number of carbonyl (C=O) groups is 1. The van der Waals surface area contributed by atoms with Gasteiger partial charge in [0.2, 0.25) is 0 Å². The molecule has 168 valence electrons. The minimum absolute atomic E-state index is 0.131. The van der Waals surface area contributed by atoms with E-state index in [2.05, 4.69) is 0 Å². The van der Waals surface area contributed by atoms with E-state index in [1.165, 1.54) is 18.2 Å². The second-order valence-corrected chi connectivity index (χ2v) is 8.03. The molecule has 0 aliphatic rings. The number of carboxylic acids is 1. The maximum atomic E-state index is 13.6. The monoisotopic (exact) mass is 439 g/mol. The Hall–Kier alpha value is -3.29. The fourth-order valence-corrected chi connectivity index (χ4v) is 3.81. The maximum absolute atomic E-state index is 13.6. The molecule has 1 aromatic heterocycles. The molecule has 0 saturated carbocycles. The largest absolute Gasteiger partial charge is 0.481 e. The van der Waals surface area contributed by atoms with Crippen molar-refractivity contribution in [3.05, 3.63) is 81.9 Å². The molecule has 2 aromatic carbocycles. The van der Waals surface area contributed by atoms with E-state index in [0.717, 1.165) is 0 Å². The third-order valence-electron chi connectivity index (χ3n) is 5.21. The highest BCUT2D eigenvalue weighted by Crippen LogP contribution is 2.27. The number of carboxylic acid groups (broad SMARTS) is 1. The topological polar surface area (TPSA) is 99.8 Å². The van der Waals surface area contributed by atoms with Gasteiger partial charge in [-0.2, -0.15) is 0 Å².